The summed E-state index contributed by atoms with van der Waals surface area (Å²) >= 11 is 1.61. The largest absolute Gasteiger partial charge is 0.331 e. The normalized spacial score (nSPS) is 16.1. The number of urea groups is 1. The van der Waals surface area contributed by atoms with Crippen LogP contribution in [-0.2, 0) is 6.42 Å². The first-order chi connectivity index (χ1) is 14.1. The van der Waals surface area contributed by atoms with Crippen molar-refractivity contribution in [1.82, 2.24) is 19.8 Å². The molecule has 0 unspecified atom stereocenters. The molecule has 0 bridgehead atoms. The minimum atomic E-state index is 0.100. The van der Waals surface area contributed by atoms with E-state index in [0.29, 0.717) is 5.92 Å². The third kappa shape index (κ3) is 4.74. The molecule has 0 saturated carbocycles. The van der Waals surface area contributed by atoms with E-state index in [2.05, 4.69) is 33.5 Å². The number of anilines is 2. The number of rotatable bonds is 5. The average Bonchev–Trinajstić information content (AvgIpc) is 3.39. The smallest absolute Gasteiger partial charge is 0.319 e. The number of hydrogen-bond acceptors (Lipinski definition) is 5. The maximum absolute atomic E-state index is 12.1. The van der Waals surface area contributed by atoms with Gasteiger partial charge in [0, 0.05) is 39.6 Å². The van der Waals surface area contributed by atoms with Crippen LogP contribution >= 0.6 is 11.3 Å². The second-order valence-electron chi connectivity index (χ2n) is 7.55. The summed E-state index contributed by atoms with van der Waals surface area (Å²) in [4.78, 5) is 25.8. The van der Waals surface area contributed by atoms with Crippen molar-refractivity contribution in [3.63, 3.8) is 0 Å². The fourth-order valence-corrected chi connectivity index (χ4v) is 4.41. The zero-order valence-electron chi connectivity index (χ0n) is 16.7. The maximum Gasteiger partial charge on any atom is 0.319 e. The van der Waals surface area contributed by atoms with Crippen LogP contribution < -0.4 is 5.32 Å². The van der Waals surface area contributed by atoms with Crippen LogP contribution in [0.15, 0.2) is 54.9 Å². The molecule has 0 radical (unpaired) electrons. The summed E-state index contributed by atoms with van der Waals surface area (Å²) in [5, 5.41) is 4.12. The molecule has 1 N–H and O–H groups in total. The average molecular weight is 408 g/mol. The predicted molar refractivity (Wildman–Crippen MR) is 118 cm³/mol. The monoisotopic (exact) mass is 407 g/mol. The minimum Gasteiger partial charge on any atom is -0.331 e. The highest BCUT2D eigenvalue weighted by Crippen LogP contribution is 2.30. The van der Waals surface area contributed by atoms with Crippen molar-refractivity contribution in [1.29, 1.82) is 0 Å². The molecule has 1 saturated heterocycles. The number of amides is 2. The summed E-state index contributed by atoms with van der Waals surface area (Å²) in [5.41, 5.74) is 2.36. The van der Waals surface area contributed by atoms with Gasteiger partial charge in [-0.05, 0) is 36.0 Å². The summed E-state index contributed by atoms with van der Waals surface area (Å²) < 4.78 is 0. The molecular formula is C22H25N5OS. The van der Waals surface area contributed by atoms with Crippen molar-refractivity contribution in [2.24, 2.45) is 5.92 Å². The Bertz CT molecular complexity index is 955. The van der Waals surface area contributed by atoms with Crippen molar-refractivity contribution in [2.45, 2.75) is 12.8 Å². The Morgan fingerprint density at radius 2 is 2.00 bits per heavy atom. The third-order valence-corrected chi connectivity index (χ3v) is 6.05. The topological polar surface area (TPSA) is 61.4 Å². The molecule has 1 atom stereocenters. The fourth-order valence-electron chi connectivity index (χ4n) is 3.59. The highest BCUT2D eigenvalue weighted by atomic mass is 32.1. The number of benzene rings is 1. The minimum absolute atomic E-state index is 0.100. The number of aromatic nitrogens is 2. The van der Waals surface area contributed by atoms with Gasteiger partial charge in [-0.25, -0.2) is 14.8 Å². The lowest BCUT2D eigenvalue weighted by molar-refractivity contribution is 0.180. The van der Waals surface area contributed by atoms with Crippen molar-refractivity contribution < 1.29 is 4.79 Å². The first-order valence-corrected chi connectivity index (χ1v) is 10.6. The lowest BCUT2D eigenvalue weighted by Gasteiger charge is -2.21. The van der Waals surface area contributed by atoms with E-state index >= 15 is 0 Å². The van der Waals surface area contributed by atoms with Crippen molar-refractivity contribution in [3.05, 3.63) is 60.4 Å². The highest BCUT2D eigenvalue weighted by Gasteiger charge is 2.27. The van der Waals surface area contributed by atoms with Gasteiger partial charge in [-0.3, -0.25) is 0 Å². The van der Waals surface area contributed by atoms with E-state index in [9.17, 15) is 4.79 Å². The summed E-state index contributed by atoms with van der Waals surface area (Å²) in [6.45, 7) is 1.65. The van der Waals surface area contributed by atoms with Crippen LogP contribution in [0, 0.1) is 5.92 Å². The molecule has 0 aliphatic carbocycles. The van der Waals surface area contributed by atoms with Crippen LogP contribution in [0.4, 0.5) is 15.7 Å². The van der Waals surface area contributed by atoms with E-state index in [-0.39, 0.29) is 6.03 Å². The van der Waals surface area contributed by atoms with Crippen molar-refractivity contribution in [3.8, 4) is 10.4 Å². The molecule has 6 nitrogen and oxygen atoms in total. The Hall–Kier alpha value is -2.93. The van der Waals surface area contributed by atoms with Gasteiger partial charge in [0.2, 0.25) is 0 Å². The van der Waals surface area contributed by atoms with E-state index in [1.165, 1.54) is 11.1 Å². The molecular weight excluding hydrogens is 382 g/mol. The zero-order valence-corrected chi connectivity index (χ0v) is 17.5. The molecule has 0 spiro atoms. The molecule has 7 heteroatoms. The van der Waals surface area contributed by atoms with Crippen molar-refractivity contribution >= 4 is 28.3 Å². The van der Waals surface area contributed by atoms with Gasteiger partial charge in [0.1, 0.15) is 5.82 Å². The Labute approximate surface area is 175 Å². The van der Waals surface area contributed by atoms with Gasteiger partial charge in [-0.15, -0.1) is 0 Å². The van der Waals surface area contributed by atoms with E-state index in [4.69, 9.17) is 0 Å². The molecule has 1 fully saturated rings. The summed E-state index contributed by atoms with van der Waals surface area (Å²) in [6, 6.07) is 14.4. The molecule has 150 valence electrons. The number of nitrogens with one attached hydrogen (secondary N) is 1. The predicted octanol–water partition coefficient (Wildman–Crippen LogP) is 4.49. The van der Waals surface area contributed by atoms with Gasteiger partial charge < -0.3 is 15.1 Å². The summed E-state index contributed by atoms with van der Waals surface area (Å²) in [6.07, 6.45) is 5.79. The van der Waals surface area contributed by atoms with Gasteiger partial charge >= 0.3 is 6.03 Å². The number of thiazole rings is 1. The van der Waals surface area contributed by atoms with Crippen LogP contribution in [0.3, 0.4) is 0 Å². The standard InChI is InChI=1S/C22H25N5OS/c1-26(2)22(28)27-11-10-17(15-27)12-16-8-9-20(23-13-16)25-21-24-14-19(29-21)18-6-4-3-5-7-18/h3-9,13-14,17H,10-12,15H2,1-2H3,(H,23,24,25)/t17-/m1/s1. The van der Waals surface area contributed by atoms with E-state index < -0.39 is 0 Å². The zero-order chi connectivity index (χ0) is 20.2. The summed E-state index contributed by atoms with van der Waals surface area (Å²) in [7, 11) is 3.60. The molecule has 3 aromatic rings. The quantitative estimate of drug-likeness (QED) is 0.677. The van der Waals surface area contributed by atoms with Crippen molar-refractivity contribution in [2.75, 3.05) is 32.5 Å². The van der Waals surface area contributed by atoms with Gasteiger partial charge in [0.25, 0.3) is 0 Å². The van der Waals surface area contributed by atoms with Crippen LogP contribution in [-0.4, -0.2) is 53.0 Å². The van der Waals surface area contributed by atoms with Crippen LogP contribution in [0.5, 0.6) is 0 Å². The Balaban J connectivity index is 1.33. The number of carbonyl (C=O) groups is 1. The second kappa shape index (κ2) is 8.61. The molecule has 29 heavy (non-hydrogen) atoms. The number of nitrogens with zero attached hydrogens (tertiary/aromatic N) is 4. The lowest BCUT2D eigenvalue weighted by atomic mass is 10.00. The van der Waals surface area contributed by atoms with Gasteiger partial charge in [-0.2, -0.15) is 0 Å². The van der Waals surface area contributed by atoms with Crippen LogP contribution in [0.2, 0.25) is 0 Å². The molecule has 1 aliphatic rings. The SMILES string of the molecule is CN(C)C(=O)N1CC[C@H](Cc2ccc(Nc3ncc(-c4ccccc4)s3)nc2)C1. The number of likely N-dealkylation sites (tertiary alicyclic amines) is 1. The van der Waals surface area contributed by atoms with Gasteiger partial charge in [-0.1, -0.05) is 47.7 Å². The molecule has 1 aliphatic heterocycles. The van der Waals surface area contributed by atoms with E-state index in [1.807, 2.05) is 41.6 Å². The fraction of sp³-hybridized carbons (Fsp3) is 0.318. The van der Waals surface area contributed by atoms with Crippen LogP contribution in [0.1, 0.15) is 12.0 Å². The van der Waals surface area contributed by atoms with Gasteiger partial charge in [0.15, 0.2) is 5.13 Å². The number of pyridine rings is 1. The number of hydrogen-bond donors (Lipinski definition) is 1. The first kappa shape index (κ1) is 19.4. The third-order valence-electron chi connectivity index (χ3n) is 5.09. The first-order valence-electron chi connectivity index (χ1n) is 9.78. The summed E-state index contributed by atoms with van der Waals surface area (Å²) in [5.74, 6) is 1.28. The molecule has 3 heterocycles. The van der Waals surface area contributed by atoms with Crippen LogP contribution in [0.25, 0.3) is 10.4 Å². The van der Waals surface area contributed by atoms with E-state index in [0.717, 1.165) is 41.8 Å². The van der Waals surface area contributed by atoms with Gasteiger partial charge in [0.05, 0.1) is 4.88 Å². The molecule has 1 aromatic carbocycles. The number of carbonyl (C=O) groups excluding carboxylic acids is 1. The lowest BCUT2D eigenvalue weighted by Crippen LogP contribution is -2.37. The van der Waals surface area contributed by atoms with E-state index in [1.54, 1.807) is 30.3 Å². The second-order valence-corrected chi connectivity index (χ2v) is 8.58. The Kier molecular flexibility index (Phi) is 5.76. The molecule has 2 aromatic heterocycles. The Morgan fingerprint density at radius 3 is 2.72 bits per heavy atom. The molecule has 2 amide bonds. The highest BCUT2D eigenvalue weighted by molar-refractivity contribution is 7.18. The molecule has 4 rings (SSSR count). The Morgan fingerprint density at radius 1 is 1.17 bits per heavy atom. The maximum atomic E-state index is 12.1.